The Morgan fingerprint density at radius 1 is 0.732 bits per heavy atom. The van der Waals surface area contributed by atoms with Crippen LogP contribution in [0.25, 0.3) is 10.9 Å². The van der Waals surface area contributed by atoms with Gasteiger partial charge in [-0.15, -0.1) is 0 Å². The summed E-state index contributed by atoms with van der Waals surface area (Å²) in [5.41, 5.74) is 6.09. The molecule has 0 saturated heterocycles. The normalized spacial score (nSPS) is 11.7. The van der Waals surface area contributed by atoms with Crippen LogP contribution < -0.4 is 5.32 Å². The number of fused-ring (bicyclic) bond motifs is 1. The maximum Gasteiger partial charge on any atom is 0.248 e. The molecule has 0 aliphatic carbocycles. The first-order valence-electron chi connectivity index (χ1n) is 13.7. The molecule has 0 aliphatic heterocycles. The minimum Gasteiger partial charge on any atom is -0.361 e. The van der Waals surface area contributed by atoms with Crippen LogP contribution in [0.1, 0.15) is 27.8 Å². The molecule has 41 heavy (non-hydrogen) atoms. The molecular formula is C35H33N3O3. The minimum atomic E-state index is -1.07. The smallest absolute Gasteiger partial charge is 0.248 e. The molecule has 5 aromatic rings. The van der Waals surface area contributed by atoms with E-state index in [4.69, 9.17) is 0 Å². The third-order valence-corrected chi connectivity index (χ3v) is 7.41. The highest BCUT2D eigenvalue weighted by Crippen LogP contribution is 2.23. The van der Waals surface area contributed by atoms with Gasteiger partial charge in [0.25, 0.3) is 0 Å². The molecule has 6 heteroatoms. The van der Waals surface area contributed by atoms with Gasteiger partial charge in [0.1, 0.15) is 6.04 Å². The van der Waals surface area contributed by atoms with Crippen molar-refractivity contribution in [2.24, 2.45) is 0 Å². The average Bonchev–Trinajstić information content (AvgIpc) is 3.38. The van der Waals surface area contributed by atoms with E-state index >= 15 is 0 Å². The van der Waals surface area contributed by atoms with Crippen LogP contribution in [0.3, 0.4) is 0 Å². The molecule has 0 bridgehead atoms. The number of imide groups is 1. The van der Waals surface area contributed by atoms with E-state index in [1.807, 2.05) is 123 Å². The van der Waals surface area contributed by atoms with Crippen molar-refractivity contribution in [2.45, 2.75) is 39.2 Å². The predicted octanol–water partition coefficient (Wildman–Crippen LogP) is 6.18. The lowest BCUT2D eigenvalue weighted by Crippen LogP contribution is -2.52. The number of anilines is 1. The van der Waals surface area contributed by atoms with Crippen molar-refractivity contribution in [2.75, 3.05) is 5.32 Å². The number of H-pyrrole nitrogens is 1. The molecule has 2 N–H and O–H groups in total. The summed E-state index contributed by atoms with van der Waals surface area (Å²) in [7, 11) is 0. The molecular weight excluding hydrogens is 510 g/mol. The van der Waals surface area contributed by atoms with Gasteiger partial charge in [-0.25, -0.2) is 0 Å². The number of aromatic nitrogens is 1. The summed E-state index contributed by atoms with van der Waals surface area (Å²) in [6.45, 7) is 3.99. The van der Waals surface area contributed by atoms with E-state index < -0.39 is 23.8 Å². The van der Waals surface area contributed by atoms with Crippen molar-refractivity contribution in [3.05, 3.63) is 137 Å². The molecule has 0 aliphatic rings. The SMILES string of the molecule is Cc1ccc(NC(=O)C(Cc2c[nH]c3ccccc23)N(C(=O)Cc2ccccc2)C(=O)Cc2ccccc2)cc1C. The van der Waals surface area contributed by atoms with E-state index in [2.05, 4.69) is 10.3 Å². The van der Waals surface area contributed by atoms with Crippen LogP contribution in [0.5, 0.6) is 0 Å². The monoisotopic (exact) mass is 543 g/mol. The standard InChI is InChI=1S/C35H33N3O3/c1-24-17-18-29(19-25(24)2)37-35(41)32(22-28-23-36-31-16-10-9-15-30(28)31)38(33(39)20-26-11-5-3-6-12-26)34(40)21-27-13-7-4-8-14-27/h3-19,23,32,36H,20-22H2,1-2H3,(H,37,41). The molecule has 0 saturated carbocycles. The Morgan fingerprint density at radius 2 is 1.32 bits per heavy atom. The number of carbonyl (C=O) groups excluding carboxylic acids is 3. The van der Waals surface area contributed by atoms with E-state index in [-0.39, 0.29) is 19.3 Å². The van der Waals surface area contributed by atoms with E-state index in [0.717, 1.165) is 38.7 Å². The van der Waals surface area contributed by atoms with Crippen LogP contribution in [-0.4, -0.2) is 33.6 Å². The van der Waals surface area contributed by atoms with Gasteiger partial charge in [-0.05, 0) is 59.9 Å². The molecule has 206 valence electrons. The zero-order valence-corrected chi connectivity index (χ0v) is 23.3. The number of rotatable bonds is 9. The lowest BCUT2D eigenvalue weighted by Gasteiger charge is -2.30. The number of benzene rings is 4. The number of nitrogens with zero attached hydrogens (tertiary/aromatic N) is 1. The van der Waals surface area contributed by atoms with E-state index in [9.17, 15) is 14.4 Å². The molecule has 4 aromatic carbocycles. The number of amides is 3. The second-order valence-electron chi connectivity index (χ2n) is 10.3. The lowest BCUT2D eigenvalue weighted by molar-refractivity contribution is -0.150. The van der Waals surface area contributed by atoms with Gasteiger partial charge in [-0.3, -0.25) is 19.3 Å². The summed E-state index contributed by atoms with van der Waals surface area (Å²) in [6.07, 6.45) is 2.02. The molecule has 0 spiro atoms. The van der Waals surface area contributed by atoms with Gasteiger partial charge < -0.3 is 10.3 Å². The lowest BCUT2D eigenvalue weighted by atomic mass is 10.00. The zero-order chi connectivity index (χ0) is 28.8. The maximum absolute atomic E-state index is 14.1. The number of aromatic amines is 1. The fourth-order valence-electron chi connectivity index (χ4n) is 5.05. The number of hydrogen-bond acceptors (Lipinski definition) is 3. The first-order valence-corrected chi connectivity index (χ1v) is 13.7. The molecule has 1 aromatic heterocycles. The van der Waals surface area contributed by atoms with Crippen molar-refractivity contribution in [3.8, 4) is 0 Å². The molecule has 6 nitrogen and oxygen atoms in total. The summed E-state index contributed by atoms with van der Waals surface area (Å²) < 4.78 is 0. The van der Waals surface area contributed by atoms with E-state index in [1.54, 1.807) is 0 Å². The van der Waals surface area contributed by atoms with Gasteiger partial charge in [0, 0.05) is 29.2 Å². The van der Waals surface area contributed by atoms with Crippen LogP contribution in [0.4, 0.5) is 5.69 Å². The largest absolute Gasteiger partial charge is 0.361 e. The van der Waals surface area contributed by atoms with E-state index in [1.165, 1.54) is 4.90 Å². The first-order chi connectivity index (χ1) is 19.9. The summed E-state index contributed by atoms with van der Waals surface area (Å²) >= 11 is 0. The second kappa shape index (κ2) is 12.5. The third kappa shape index (κ3) is 6.61. The second-order valence-corrected chi connectivity index (χ2v) is 10.3. The molecule has 1 unspecified atom stereocenters. The van der Waals surface area contributed by atoms with Crippen molar-refractivity contribution in [1.29, 1.82) is 0 Å². The minimum absolute atomic E-state index is 0.00265. The zero-order valence-electron chi connectivity index (χ0n) is 23.3. The Hall–Kier alpha value is -4.97. The molecule has 0 fully saturated rings. The van der Waals surface area contributed by atoms with Gasteiger partial charge in [-0.1, -0.05) is 84.9 Å². The number of hydrogen-bond donors (Lipinski definition) is 2. The Bertz CT molecular complexity index is 1620. The van der Waals surface area contributed by atoms with Gasteiger partial charge in [0.05, 0.1) is 12.8 Å². The number of carbonyl (C=O) groups is 3. The van der Waals surface area contributed by atoms with E-state index in [0.29, 0.717) is 5.69 Å². The Balaban J connectivity index is 1.54. The summed E-state index contributed by atoms with van der Waals surface area (Å²) in [4.78, 5) is 46.4. The predicted molar refractivity (Wildman–Crippen MR) is 162 cm³/mol. The molecule has 1 heterocycles. The van der Waals surface area contributed by atoms with Gasteiger partial charge in [0.2, 0.25) is 17.7 Å². The van der Waals surface area contributed by atoms with Crippen LogP contribution in [0.15, 0.2) is 109 Å². The summed E-state index contributed by atoms with van der Waals surface area (Å²) in [5.74, 6) is -1.25. The summed E-state index contributed by atoms with van der Waals surface area (Å²) in [6, 6.07) is 31.0. The molecule has 0 radical (unpaired) electrons. The van der Waals surface area contributed by atoms with Gasteiger partial charge in [-0.2, -0.15) is 0 Å². The van der Waals surface area contributed by atoms with Crippen LogP contribution in [-0.2, 0) is 33.6 Å². The molecule has 1 atom stereocenters. The van der Waals surface area contributed by atoms with Crippen molar-refractivity contribution in [1.82, 2.24) is 9.88 Å². The number of nitrogens with one attached hydrogen (secondary N) is 2. The fraction of sp³-hybridized carbons (Fsp3) is 0.171. The third-order valence-electron chi connectivity index (χ3n) is 7.41. The molecule has 3 amide bonds. The fourth-order valence-corrected chi connectivity index (χ4v) is 5.05. The van der Waals surface area contributed by atoms with Crippen molar-refractivity contribution >= 4 is 34.3 Å². The molecule has 5 rings (SSSR count). The topological polar surface area (TPSA) is 82.3 Å². The Kier molecular flexibility index (Phi) is 8.39. The first kappa shape index (κ1) is 27.6. The van der Waals surface area contributed by atoms with Crippen LogP contribution >= 0.6 is 0 Å². The van der Waals surface area contributed by atoms with Crippen molar-refractivity contribution in [3.63, 3.8) is 0 Å². The quantitative estimate of drug-likeness (QED) is 0.233. The number of aryl methyl sites for hydroxylation is 2. The van der Waals surface area contributed by atoms with Crippen LogP contribution in [0, 0.1) is 13.8 Å². The summed E-state index contributed by atoms with van der Waals surface area (Å²) in [5, 5.41) is 3.94. The van der Waals surface area contributed by atoms with Gasteiger partial charge in [0.15, 0.2) is 0 Å². The highest BCUT2D eigenvalue weighted by Gasteiger charge is 2.35. The average molecular weight is 544 g/mol. The van der Waals surface area contributed by atoms with Crippen molar-refractivity contribution < 1.29 is 14.4 Å². The van der Waals surface area contributed by atoms with Crippen LogP contribution in [0.2, 0.25) is 0 Å². The Labute approximate surface area is 240 Å². The highest BCUT2D eigenvalue weighted by atomic mass is 16.2. The highest BCUT2D eigenvalue weighted by molar-refractivity contribution is 6.05. The maximum atomic E-state index is 14.1. The van der Waals surface area contributed by atoms with Gasteiger partial charge >= 0.3 is 0 Å². The number of para-hydroxylation sites is 1. The Morgan fingerprint density at radius 3 is 1.93 bits per heavy atom.